The molecule has 2 aliphatic rings. The van der Waals surface area contributed by atoms with Crippen LogP contribution in [-0.2, 0) is 14.3 Å². The zero-order valence-electron chi connectivity index (χ0n) is 14.6. The van der Waals surface area contributed by atoms with Gasteiger partial charge in [0.2, 0.25) is 5.91 Å². The van der Waals surface area contributed by atoms with Crippen molar-refractivity contribution < 1.29 is 19.0 Å². The molecule has 1 aromatic carbocycles. The fourth-order valence-electron chi connectivity index (χ4n) is 3.51. The lowest BCUT2D eigenvalue weighted by Crippen LogP contribution is -2.37. The van der Waals surface area contributed by atoms with Gasteiger partial charge in [0.1, 0.15) is 5.75 Å². The number of carbonyl (C=O) groups is 1. The molecule has 0 aliphatic carbocycles. The highest BCUT2D eigenvalue weighted by Crippen LogP contribution is 2.41. The van der Waals surface area contributed by atoms with E-state index in [1.54, 1.807) is 7.11 Å². The second kappa shape index (κ2) is 7.99. The number of amides is 1. The quantitative estimate of drug-likeness (QED) is 0.751. The molecule has 0 unspecified atom stereocenters. The van der Waals surface area contributed by atoms with E-state index in [1.165, 1.54) is 5.56 Å². The number of rotatable bonds is 6. The maximum Gasteiger partial charge on any atom is 0.229 e. The second-order valence-electron chi connectivity index (χ2n) is 6.59. The number of hydrogen-bond donors (Lipinski definition) is 0. The predicted octanol–water partition coefficient (Wildman–Crippen LogP) is 3.12. The molecule has 0 bridgehead atoms. The van der Waals surface area contributed by atoms with Gasteiger partial charge >= 0.3 is 0 Å². The third-order valence-electron chi connectivity index (χ3n) is 4.93. The molecule has 24 heavy (non-hydrogen) atoms. The Bertz CT molecular complexity index is 568. The topological polar surface area (TPSA) is 48.0 Å². The average molecular weight is 333 g/mol. The Hall–Kier alpha value is -1.59. The molecule has 1 amide bonds. The summed E-state index contributed by atoms with van der Waals surface area (Å²) >= 11 is 0. The first-order valence-electron chi connectivity index (χ1n) is 8.87. The number of fused-ring (bicyclic) bond motifs is 1. The molecule has 0 saturated carbocycles. The Balaban J connectivity index is 1.60. The van der Waals surface area contributed by atoms with E-state index >= 15 is 0 Å². The summed E-state index contributed by atoms with van der Waals surface area (Å²) in [5.41, 5.74) is 2.12. The van der Waals surface area contributed by atoms with E-state index in [1.807, 2.05) is 17.0 Å². The molecule has 0 radical (unpaired) electrons. The number of nitrogens with zero attached hydrogens (tertiary/aromatic N) is 1. The van der Waals surface area contributed by atoms with Crippen molar-refractivity contribution in [2.75, 3.05) is 38.4 Å². The summed E-state index contributed by atoms with van der Waals surface area (Å²) in [5.74, 6) is 1.31. The molecule has 2 aliphatic heterocycles. The minimum atomic E-state index is 0.0972. The summed E-state index contributed by atoms with van der Waals surface area (Å²) in [4.78, 5) is 14.6. The van der Waals surface area contributed by atoms with E-state index in [0.29, 0.717) is 25.6 Å². The summed E-state index contributed by atoms with van der Waals surface area (Å²) in [6, 6.07) is 6.01. The Morgan fingerprint density at radius 1 is 1.38 bits per heavy atom. The van der Waals surface area contributed by atoms with E-state index in [4.69, 9.17) is 14.2 Å². The van der Waals surface area contributed by atoms with Crippen molar-refractivity contribution in [3.8, 4) is 5.75 Å². The Labute approximate surface area is 143 Å². The molecule has 3 rings (SSSR count). The number of methoxy groups -OCH3 is 1. The highest BCUT2D eigenvalue weighted by atomic mass is 16.5. The van der Waals surface area contributed by atoms with Crippen molar-refractivity contribution in [3.63, 3.8) is 0 Å². The predicted molar refractivity (Wildman–Crippen MR) is 92.8 cm³/mol. The maximum atomic E-state index is 12.7. The molecule has 5 nitrogen and oxygen atoms in total. The molecule has 0 spiro atoms. The van der Waals surface area contributed by atoms with Crippen LogP contribution in [0, 0.1) is 0 Å². The van der Waals surface area contributed by atoms with Crippen molar-refractivity contribution >= 4 is 11.6 Å². The lowest BCUT2D eigenvalue weighted by Gasteiger charge is -2.34. The normalized spacial score (nSPS) is 23.2. The minimum absolute atomic E-state index is 0.0972. The van der Waals surface area contributed by atoms with Gasteiger partial charge in [-0.25, -0.2) is 0 Å². The van der Waals surface area contributed by atoms with E-state index in [0.717, 1.165) is 43.9 Å². The molecule has 5 heteroatoms. The molecule has 1 saturated heterocycles. The lowest BCUT2D eigenvalue weighted by molar-refractivity contribution is -0.120. The first-order chi connectivity index (χ1) is 11.7. The molecule has 1 fully saturated rings. The molecular weight excluding hydrogens is 306 g/mol. The van der Waals surface area contributed by atoms with E-state index in [2.05, 4.69) is 13.0 Å². The van der Waals surface area contributed by atoms with Gasteiger partial charge in [0.25, 0.3) is 0 Å². The zero-order chi connectivity index (χ0) is 16.9. The Morgan fingerprint density at radius 3 is 3.00 bits per heavy atom. The van der Waals surface area contributed by atoms with E-state index in [9.17, 15) is 4.79 Å². The first-order valence-corrected chi connectivity index (χ1v) is 8.87. The van der Waals surface area contributed by atoms with Crippen LogP contribution in [-0.4, -0.2) is 45.5 Å². The van der Waals surface area contributed by atoms with Gasteiger partial charge in [-0.1, -0.05) is 19.1 Å². The smallest absolute Gasteiger partial charge is 0.229 e. The monoisotopic (exact) mass is 333 g/mol. The first kappa shape index (κ1) is 17.2. The highest BCUT2D eigenvalue weighted by Gasteiger charge is 2.29. The summed E-state index contributed by atoms with van der Waals surface area (Å²) in [6.07, 6.45) is 3.73. The molecule has 2 atom stereocenters. The van der Waals surface area contributed by atoms with Gasteiger partial charge in [-0.15, -0.1) is 0 Å². The third-order valence-corrected chi connectivity index (χ3v) is 4.93. The van der Waals surface area contributed by atoms with Gasteiger partial charge < -0.3 is 19.1 Å². The van der Waals surface area contributed by atoms with Gasteiger partial charge in [-0.2, -0.15) is 0 Å². The number of ether oxygens (including phenoxy) is 3. The molecule has 0 N–H and O–H groups in total. The molecule has 2 heterocycles. The van der Waals surface area contributed by atoms with Crippen LogP contribution in [0.5, 0.6) is 5.75 Å². The van der Waals surface area contributed by atoms with Crippen molar-refractivity contribution in [1.29, 1.82) is 0 Å². The second-order valence-corrected chi connectivity index (χ2v) is 6.59. The van der Waals surface area contributed by atoms with Crippen LogP contribution in [0.25, 0.3) is 0 Å². The number of benzene rings is 1. The number of carbonyl (C=O) groups excluding carboxylic acids is 1. The summed E-state index contributed by atoms with van der Waals surface area (Å²) < 4.78 is 16.7. The number of anilines is 1. The Kier molecular flexibility index (Phi) is 5.74. The van der Waals surface area contributed by atoms with Crippen LogP contribution in [0.3, 0.4) is 0 Å². The van der Waals surface area contributed by atoms with Crippen LogP contribution in [0.1, 0.15) is 44.1 Å². The summed E-state index contributed by atoms with van der Waals surface area (Å²) in [6.45, 7) is 4.79. The largest absolute Gasteiger partial charge is 0.495 e. The van der Waals surface area contributed by atoms with Gasteiger partial charge in [-0.05, 0) is 36.8 Å². The fourth-order valence-corrected chi connectivity index (χ4v) is 3.51. The summed E-state index contributed by atoms with van der Waals surface area (Å²) in [5, 5.41) is 0. The van der Waals surface area contributed by atoms with Crippen LogP contribution in [0.15, 0.2) is 18.2 Å². The Morgan fingerprint density at radius 2 is 2.25 bits per heavy atom. The van der Waals surface area contributed by atoms with Gasteiger partial charge in [0.05, 0.1) is 38.5 Å². The molecule has 1 aromatic rings. The lowest BCUT2D eigenvalue weighted by atomic mass is 9.91. The van der Waals surface area contributed by atoms with Gasteiger partial charge in [0.15, 0.2) is 0 Å². The van der Waals surface area contributed by atoms with Crippen molar-refractivity contribution in [2.45, 2.75) is 44.6 Å². The standard InChI is InChI=1S/C19H27NO4/c1-14-8-10-20(19-16(14)6-3-7-17(19)22-2)18(21)9-12-23-13-15-5-4-11-24-15/h3,6-7,14-15H,4-5,8-13H2,1-2H3/t14-,15+/m1/s1. The van der Waals surface area contributed by atoms with Gasteiger partial charge in [0, 0.05) is 13.2 Å². The van der Waals surface area contributed by atoms with Crippen LogP contribution < -0.4 is 9.64 Å². The van der Waals surface area contributed by atoms with Crippen molar-refractivity contribution in [2.24, 2.45) is 0 Å². The van der Waals surface area contributed by atoms with Crippen molar-refractivity contribution in [3.05, 3.63) is 23.8 Å². The minimum Gasteiger partial charge on any atom is -0.495 e. The fraction of sp³-hybridized carbons (Fsp3) is 0.632. The van der Waals surface area contributed by atoms with Crippen molar-refractivity contribution in [1.82, 2.24) is 0 Å². The van der Waals surface area contributed by atoms with Crippen LogP contribution >= 0.6 is 0 Å². The SMILES string of the molecule is COc1cccc2c1N(C(=O)CCOC[C@@H]1CCCO1)CC[C@H]2C. The third kappa shape index (κ3) is 3.73. The highest BCUT2D eigenvalue weighted by molar-refractivity contribution is 5.96. The number of hydrogen-bond acceptors (Lipinski definition) is 4. The van der Waals surface area contributed by atoms with Crippen LogP contribution in [0.4, 0.5) is 5.69 Å². The van der Waals surface area contributed by atoms with E-state index < -0.39 is 0 Å². The molecule has 132 valence electrons. The maximum absolute atomic E-state index is 12.7. The average Bonchev–Trinajstić information content (AvgIpc) is 3.12. The van der Waals surface area contributed by atoms with Gasteiger partial charge in [-0.3, -0.25) is 4.79 Å². The molecule has 0 aromatic heterocycles. The zero-order valence-corrected chi connectivity index (χ0v) is 14.6. The van der Waals surface area contributed by atoms with Crippen LogP contribution in [0.2, 0.25) is 0 Å². The number of para-hydroxylation sites is 1. The van der Waals surface area contributed by atoms with E-state index in [-0.39, 0.29) is 12.0 Å². The molecular formula is C19H27NO4. The summed E-state index contributed by atoms with van der Waals surface area (Å²) in [7, 11) is 1.66.